The van der Waals surface area contributed by atoms with Crippen LogP contribution in [0.25, 0.3) is 0 Å². The van der Waals surface area contributed by atoms with Crippen LogP contribution >= 0.6 is 11.3 Å². The number of carbonyl (C=O) groups excluding carboxylic acids is 1. The molecule has 0 aliphatic carbocycles. The lowest BCUT2D eigenvalue weighted by Gasteiger charge is -2.22. The number of aromatic nitrogens is 1. The molecule has 1 amide bonds. The molecule has 0 bridgehead atoms. The molecule has 0 atom stereocenters. The molecule has 118 valence electrons. The number of amides is 1. The summed E-state index contributed by atoms with van der Waals surface area (Å²) in [5, 5.41) is 9.67. The molecule has 2 rings (SSSR count). The molecular weight excluding hydrogens is 282 g/mol. The van der Waals surface area contributed by atoms with E-state index < -0.39 is 0 Å². The predicted molar refractivity (Wildman–Crippen MR) is 87.7 cm³/mol. The van der Waals surface area contributed by atoms with Crippen molar-refractivity contribution >= 4 is 17.2 Å². The van der Waals surface area contributed by atoms with E-state index in [1.54, 1.807) is 11.3 Å². The molecule has 1 fully saturated rings. The topological polar surface area (TPSA) is 54.0 Å². The average molecular weight is 309 g/mol. The van der Waals surface area contributed by atoms with Crippen LogP contribution in [0, 0.1) is 5.92 Å². The number of rotatable bonds is 7. The lowest BCUT2D eigenvalue weighted by molar-refractivity contribution is -0.121. The van der Waals surface area contributed by atoms with Gasteiger partial charge in [0, 0.05) is 30.7 Å². The highest BCUT2D eigenvalue weighted by molar-refractivity contribution is 7.09. The van der Waals surface area contributed by atoms with E-state index in [9.17, 15) is 4.79 Å². The average Bonchev–Trinajstić information content (AvgIpc) is 2.95. The third-order valence-electron chi connectivity index (χ3n) is 4.01. The van der Waals surface area contributed by atoms with Crippen LogP contribution in [0.3, 0.4) is 0 Å². The van der Waals surface area contributed by atoms with Crippen LogP contribution in [0.2, 0.25) is 0 Å². The fraction of sp³-hybridized carbons (Fsp3) is 0.750. The largest absolute Gasteiger partial charge is 0.356 e. The van der Waals surface area contributed by atoms with Crippen molar-refractivity contribution in [3.63, 3.8) is 0 Å². The number of hydrogen-bond donors (Lipinski definition) is 2. The molecule has 1 aliphatic rings. The maximum Gasteiger partial charge on any atom is 0.220 e. The first-order valence-corrected chi connectivity index (χ1v) is 8.95. The van der Waals surface area contributed by atoms with Crippen molar-refractivity contribution in [1.82, 2.24) is 15.6 Å². The van der Waals surface area contributed by atoms with Crippen LogP contribution < -0.4 is 10.6 Å². The van der Waals surface area contributed by atoms with Gasteiger partial charge in [-0.2, -0.15) is 0 Å². The molecule has 0 spiro atoms. The van der Waals surface area contributed by atoms with Crippen molar-refractivity contribution in [3.05, 3.63) is 16.1 Å². The van der Waals surface area contributed by atoms with Crippen LogP contribution in [0.5, 0.6) is 0 Å². The van der Waals surface area contributed by atoms with Crippen molar-refractivity contribution in [2.24, 2.45) is 5.92 Å². The second-order valence-electron chi connectivity index (χ2n) is 6.16. The Bertz CT molecular complexity index is 438. The summed E-state index contributed by atoms with van der Waals surface area (Å²) in [7, 11) is 0. The van der Waals surface area contributed by atoms with Crippen molar-refractivity contribution < 1.29 is 4.79 Å². The van der Waals surface area contributed by atoms with Gasteiger partial charge in [-0.1, -0.05) is 13.8 Å². The first-order chi connectivity index (χ1) is 10.1. The van der Waals surface area contributed by atoms with Gasteiger partial charge in [0.2, 0.25) is 5.91 Å². The Morgan fingerprint density at radius 1 is 1.48 bits per heavy atom. The molecule has 0 aromatic carbocycles. The fourth-order valence-corrected chi connectivity index (χ4v) is 3.50. The number of piperidine rings is 1. The van der Waals surface area contributed by atoms with E-state index in [1.165, 1.54) is 17.8 Å². The normalized spacial score (nSPS) is 16.3. The molecule has 1 aliphatic heterocycles. The standard InChI is InChI=1S/C16H27N3OS/c1-12(2)16-19-14(11-21-16)7-10-18-15(20)4-3-13-5-8-17-9-6-13/h11-13,17H,3-10H2,1-2H3,(H,18,20). The van der Waals surface area contributed by atoms with Crippen molar-refractivity contribution in [2.75, 3.05) is 19.6 Å². The van der Waals surface area contributed by atoms with Crippen molar-refractivity contribution in [1.29, 1.82) is 0 Å². The number of thiazole rings is 1. The summed E-state index contributed by atoms with van der Waals surface area (Å²) in [6.45, 7) is 7.23. The molecule has 21 heavy (non-hydrogen) atoms. The molecule has 2 heterocycles. The van der Waals surface area contributed by atoms with Gasteiger partial charge in [0.15, 0.2) is 0 Å². The van der Waals surface area contributed by atoms with Gasteiger partial charge in [-0.3, -0.25) is 4.79 Å². The minimum Gasteiger partial charge on any atom is -0.356 e. The minimum absolute atomic E-state index is 0.188. The van der Waals surface area contributed by atoms with Crippen LogP contribution in [-0.2, 0) is 11.2 Å². The summed E-state index contributed by atoms with van der Waals surface area (Å²) >= 11 is 1.72. The van der Waals surface area contributed by atoms with Gasteiger partial charge >= 0.3 is 0 Å². The molecule has 1 aromatic heterocycles. The maximum absolute atomic E-state index is 11.8. The van der Waals surface area contributed by atoms with E-state index >= 15 is 0 Å². The zero-order chi connectivity index (χ0) is 15.1. The van der Waals surface area contributed by atoms with Crippen LogP contribution in [-0.4, -0.2) is 30.5 Å². The van der Waals surface area contributed by atoms with Gasteiger partial charge in [-0.15, -0.1) is 11.3 Å². The Hall–Kier alpha value is -0.940. The molecule has 0 radical (unpaired) electrons. The highest BCUT2D eigenvalue weighted by Crippen LogP contribution is 2.19. The number of carbonyl (C=O) groups is 1. The van der Waals surface area contributed by atoms with Crippen LogP contribution in [0.15, 0.2) is 5.38 Å². The van der Waals surface area contributed by atoms with E-state index in [1.807, 2.05) is 0 Å². The van der Waals surface area contributed by atoms with Crippen molar-refractivity contribution in [3.8, 4) is 0 Å². The summed E-state index contributed by atoms with van der Waals surface area (Å²) in [6, 6.07) is 0. The van der Waals surface area contributed by atoms with E-state index in [2.05, 4.69) is 34.8 Å². The lowest BCUT2D eigenvalue weighted by Crippen LogP contribution is -2.30. The Morgan fingerprint density at radius 2 is 2.24 bits per heavy atom. The second kappa shape index (κ2) is 8.49. The second-order valence-corrected chi connectivity index (χ2v) is 7.05. The maximum atomic E-state index is 11.8. The first-order valence-electron chi connectivity index (χ1n) is 8.07. The van der Waals surface area contributed by atoms with E-state index in [4.69, 9.17) is 0 Å². The molecule has 1 saturated heterocycles. The van der Waals surface area contributed by atoms with Gasteiger partial charge in [0.25, 0.3) is 0 Å². The third-order valence-corrected chi connectivity index (χ3v) is 5.20. The summed E-state index contributed by atoms with van der Waals surface area (Å²) in [5.41, 5.74) is 1.10. The fourth-order valence-electron chi connectivity index (χ4n) is 2.63. The third kappa shape index (κ3) is 5.75. The molecule has 0 unspecified atom stereocenters. The minimum atomic E-state index is 0.188. The van der Waals surface area contributed by atoms with Crippen LogP contribution in [0.1, 0.15) is 56.2 Å². The molecule has 2 N–H and O–H groups in total. The van der Waals surface area contributed by atoms with Gasteiger partial charge < -0.3 is 10.6 Å². The molecule has 4 nitrogen and oxygen atoms in total. The summed E-state index contributed by atoms with van der Waals surface area (Å²) in [6.07, 6.45) is 4.96. The predicted octanol–water partition coefficient (Wildman–Crippen LogP) is 2.71. The SMILES string of the molecule is CC(C)c1nc(CCNC(=O)CCC2CCNCC2)cs1. The smallest absolute Gasteiger partial charge is 0.220 e. The molecule has 5 heteroatoms. The molecular formula is C16H27N3OS. The molecule has 1 aromatic rings. The highest BCUT2D eigenvalue weighted by Gasteiger charge is 2.14. The summed E-state index contributed by atoms with van der Waals surface area (Å²) in [4.78, 5) is 16.4. The summed E-state index contributed by atoms with van der Waals surface area (Å²) < 4.78 is 0. The van der Waals surface area contributed by atoms with Crippen molar-refractivity contribution in [2.45, 2.75) is 51.9 Å². The van der Waals surface area contributed by atoms with Gasteiger partial charge in [-0.05, 0) is 38.3 Å². The Balaban J connectivity index is 1.59. The summed E-state index contributed by atoms with van der Waals surface area (Å²) in [5.74, 6) is 1.40. The van der Waals surface area contributed by atoms with E-state index in [-0.39, 0.29) is 5.91 Å². The monoisotopic (exact) mass is 309 g/mol. The Kier molecular flexibility index (Phi) is 6.64. The van der Waals surface area contributed by atoms with Gasteiger partial charge in [0.05, 0.1) is 10.7 Å². The Morgan fingerprint density at radius 3 is 2.90 bits per heavy atom. The van der Waals surface area contributed by atoms with E-state index in [0.29, 0.717) is 18.9 Å². The highest BCUT2D eigenvalue weighted by atomic mass is 32.1. The zero-order valence-corrected chi connectivity index (χ0v) is 14.0. The van der Waals surface area contributed by atoms with E-state index in [0.717, 1.165) is 37.5 Å². The zero-order valence-electron chi connectivity index (χ0n) is 13.2. The van der Waals surface area contributed by atoms with Crippen LogP contribution in [0.4, 0.5) is 0 Å². The quantitative estimate of drug-likeness (QED) is 0.814. The number of nitrogens with zero attached hydrogens (tertiary/aromatic N) is 1. The van der Waals surface area contributed by atoms with Gasteiger partial charge in [0.1, 0.15) is 0 Å². The van der Waals surface area contributed by atoms with Gasteiger partial charge in [-0.25, -0.2) is 4.98 Å². The number of nitrogens with one attached hydrogen (secondary N) is 2. The first kappa shape index (κ1) is 16.4. The molecule has 0 saturated carbocycles. The number of hydrogen-bond acceptors (Lipinski definition) is 4. The Labute approximate surface area is 131 Å². The lowest BCUT2D eigenvalue weighted by atomic mass is 9.93.